The molecule has 1 aromatic rings. The van der Waals surface area contributed by atoms with Gasteiger partial charge in [-0.05, 0) is 39.4 Å². The average molecular weight is 357 g/mol. The molecule has 4 heteroatoms. The zero-order valence-corrected chi connectivity index (χ0v) is 15.0. The number of nitrogens with zero attached hydrogens (tertiary/aromatic N) is 1. The van der Waals surface area contributed by atoms with E-state index in [-0.39, 0.29) is 11.2 Å². The highest BCUT2D eigenvalue weighted by Gasteiger charge is 2.35. The summed E-state index contributed by atoms with van der Waals surface area (Å²) in [5.41, 5.74) is 1.23. The number of halogens is 2. The minimum absolute atomic E-state index is 0.179. The molecule has 0 spiro atoms. The third-order valence-corrected chi connectivity index (χ3v) is 5.28. The van der Waals surface area contributed by atoms with Gasteiger partial charge >= 0.3 is 0 Å². The van der Waals surface area contributed by atoms with Crippen LogP contribution < -0.4 is 5.32 Å². The third kappa shape index (κ3) is 4.05. The Labute approximate surface area is 136 Å². The van der Waals surface area contributed by atoms with Gasteiger partial charge in [0.15, 0.2) is 0 Å². The molecule has 0 bridgehead atoms. The van der Waals surface area contributed by atoms with Crippen LogP contribution >= 0.6 is 15.9 Å². The molecule has 1 N–H and O–H groups in total. The van der Waals surface area contributed by atoms with Gasteiger partial charge in [-0.2, -0.15) is 0 Å². The molecule has 0 saturated carbocycles. The summed E-state index contributed by atoms with van der Waals surface area (Å²) < 4.78 is 14.3. The molecule has 1 saturated heterocycles. The second-order valence-electron chi connectivity index (χ2n) is 7.04. The standard InChI is InChI=1S/C17H26BrFN2/c1-5-13-11-21(15(9-20-13)17(2,3)4)10-12-7-6-8-14(19)16(12)18/h6-8,13,15,20H,5,9-11H2,1-4H3. The predicted molar refractivity (Wildman–Crippen MR) is 89.8 cm³/mol. The van der Waals surface area contributed by atoms with Gasteiger partial charge in [0.1, 0.15) is 5.82 Å². The van der Waals surface area contributed by atoms with Crippen LogP contribution in [0.15, 0.2) is 22.7 Å². The van der Waals surface area contributed by atoms with Crippen molar-refractivity contribution in [2.75, 3.05) is 13.1 Å². The molecule has 1 heterocycles. The van der Waals surface area contributed by atoms with Crippen LogP contribution in [0.1, 0.15) is 39.7 Å². The Balaban J connectivity index is 2.21. The highest BCUT2D eigenvalue weighted by atomic mass is 79.9. The lowest BCUT2D eigenvalue weighted by atomic mass is 9.83. The van der Waals surface area contributed by atoms with E-state index in [1.807, 2.05) is 6.07 Å². The van der Waals surface area contributed by atoms with Crippen molar-refractivity contribution in [3.8, 4) is 0 Å². The molecule has 0 aliphatic carbocycles. The fourth-order valence-electron chi connectivity index (χ4n) is 3.07. The van der Waals surface area contributed by atoms with Gasteiger partial charge in [0.05, 0.1) is 4.47 Å². The van der Waals surface area contributed by atoms with Crippen molar-refractivity contribution in [3.05, 3.63) is 34.1 Å². The van der Waals surface area contributed by atoms with Gasteiger partial charge in [-0.1, -0.05) is 39.8 Å². The van der Waals surface area contributed by atoms with Gasteiger partial charge in [-0.3, -0.25) is 4.90 Å². The van der Waals surface area contributed by atoms with Crippen LogP contribution in [-0.2, 0) is 6.54 Å². The normalized spacial score (nSPS) is 24.3. The van der Waals surface area contributed by atoms with Crippen LogP contribution in [0.4, 0.5) is 4.39 Å². The van der Waals surface area contributed by atoms with Crippen LogP contribution in [-0.4, -0.2) is 30.1 Å². The molecule has 1 fully saturated rings. The van der Waals surface area contributed by atoms with Gasteiger partial charge in [0, 0.05) is 31.7 Å². The largest absolute Gasteiger partial charge is 0.311 e. The summed E-state index contributed by atoms with van der Waals surface area (Å²) in [6.45, 7) is 11.8. The average Bonchev–Trinajstić information content (AvgIpc) is 2.42. The van der Waals surface area contributed by atoms with Crippen LogP contribution in [0.2, 0.25) is 0 Å². The van der Waals surface area contributed by atoms with Crippen molar-refractivity contribution in [2.24, 2.45) is 5.41 Å². The molecule has 0 radical (unpaired) electrons. The maximum atomic E-state index is 13.7. The zero-order valence-electron chi connectivity index (χ0n) is 13.4. The molecule has 1 aliphatic heterocycles. The molecular weight excluding hydrogens is 331 g/mol. The number of piperazine rings is 1. The lowest BCUT2D eigenvalue weighted by molar-refractivity contribution is 0.0483. The molecule has 2 unspecified atom stereocenters. The third-order valence-electron chi connectivity index (χ3n) is 4.39. The SMILES string of the molecule is CCC1CN(Cc2cccc(F)c2Br)C(C(C)(C)C)CN1. The Morgan fingerprint density at radius 3 is 2.71 bits per heavy atom. The Kier molecular flexibility index (Phi) is 5.44. The van der Waals surface area contributed by atoms with E-state index in [2.05, 4.69) is 53.8 Å². The highest BCUT2D eigenvalue weighted by Crippen LogP contribution is 2.30. The Morgan fingerprint density at radius 1 is 1.38 bits per heavy atom. The molecule has 2 nitrogen and oxygen atoms in total. The van der Waals surface area contributed by atoms with Crippen LogP contribution in [0.25, 0.3) is 0 Å². The first kappa shape index (κ1) is 16.9. The van der Waals surface area contributed by atoms with E-state index in [4.69, 9.17) is 0 Å². The van der Waals surface area contributed by atoms with Gasteiger partial charge < -0.3 is 5.32 Å². The topological polar surface area (TPSA) is 15.3 Å². The smallest absolute Gasteiger partial charge is 0.137 e. The van der Waals surface area contributed by atoms with Crippen molar-refractivity contribution in [1.82, 2.24) is 10.2 Å². The maximum Gasteiger partial charge on any atom is 0.137 e. The summed E-state index contributed by atoms with van der Waals surface area (Å²) in [6, 6.07) is 6.28. The van der Waals surface area contributed by atoms with E-state index in [1.54, 1.807) is 6.07 Å². The minimum atomic E-state index is -0.179. The Bertz CT molecular complexity index is 484. The second-order valence-corrected chi connectivity index (χ2v) is 7.83. The van der Waals surface area contributed by atoms with E-state index >= 15 is 0 Å². The molecule has 0 amide bonds. The van der Waals surface area contributed by atoms with Crippen molar-refractivity contribution >= 4 is 15.9 Å². The minimum Gasteiger partial charge on any atom is -0.311 e. The van der Waals surface area contributed by atoms with Crippen LogP contribution in [0.5, 0.6) is 0 Å². The molecule has 2 rings (SSSR count). The predicted octanol–water partition coefficient (Wildman–Crippen LogP) is 4.19. The van der Waals surface area contributed by atoms with E-state index in [9.17, 15) is 4.39 Å². The lowest BCUT2D eigenvalue weighted by Gasteiger charge is -2.46. The molecule has 118 valence electrons. The first-order valence-corrected chi connectivity index (χ1v) is 8.52. The van der Waals surface area contributed by atoms with Gasteiger partial charge in [-0.15, -0.1) is 0 Å². The number of hydrogen-bond donors (Lipinski definition) is 1. The quantitative estimate of drug-likeness (QED) is 0.873. The summed E-state index contributed by atoms with van der Waals surface area (Å²) in [4.78, 5) is 2.50. The molecule has 0 aromatic heterocycles. The molecule has 21 heavy (non-hydrogen) atoms. The second kappa shape index (κ2) is 6.76. The molecular formula is C17H26BrFN2. The first-order chi connectivity index (χ1) is 9.82. The Morgan fingerprint density at radius 2 is 2.10 bits per heavy atom. The highest BCUT2D eigenvalue weighted by molar-refractivity contribution is 9.10. The van der Waals surface area contributed by atoms with Gasteiger partial charge in [0.2, 0.25) is 0 Å². The fraction of sp³-hybridized carbons (Fsp3) is 0.647. The Hall–Kier alpha value is -0.450. The van der Waals surface area contributed by atoms with E-state index in [1.165, 1.54) is 6.07 Å². The van der Waals surface area contributed by atoms with Crippen LogP contribution in [0, 0.1) is 11.2 Å². The summed E-state index contributed by atoms with van der Waals surface area (Å²) in [7, 11) is 0. The van der Waals surface area contributed by atoms with Gasteiger partial charge in [-0.25, -0.2) is 4.39 Å². The van der Waals surface area contributed by atoms with E-state index in [0.29, 0.717) is 16.6 Å². The van der Waals surface area contributed by atoms with E-state index < -0.39 is 0 Å². The summed E-state index contributed by atoms with van der Waals surface area (Å²) in [5.74, 6) is -0.179. The number of hydrogen-bond acceptors (Lipinski definition) is 2. The lowest BCUT2D eigenvalue weighted by Crippen LogP contribution is -2.59. The fourth-order valence-corrected chi connectivity index (χ4v) is 3.46. The van der Waals surface area contributed by atoms with E-state index in [0.717, 1.165) is 31.6 Å². The number of benzene rings is 1. The summed E-state index contributed by atoms with van der Waals surface area (Å²) >= 11 is 3.39. The number of rotatable bonds is 3. The molecule has 2 atom stereocenters. The summed E-state index contributed by atoms with van der Waals surface area (Å²) in [6.07, 6.45) is 1.12. The molecule has 1 aromatic carbocycles. The van der Waals surface area contributed by atoms with Gasteiger partial charge in [0.25, 0.3) is 0 Å². The van der Waals surface area contributed by atoms with Crippen molar-refractivity contribution < 1.29 is 4.39 Å². The first-order valence-electron chi connectivity index (χ1n) is 7.73. The molecule has 1 aliphatic rings. The van der Waals surface area contributed by atoms with Crippen molar-refractivity contribution in [3.63, 3.8) is 0 Å². The monoisotopic (exact) mass is 356 g/mol. The maximum absolute atomic E-state index is 13.7. The zero-order chi connectivity index (χ0) is 15.6. The summed E-state index contributed by atoms with van der Waals surface area (Å²) in [5, 5.41) is 3.64. The van der Waals surface area contributed by atoms with Crippen LogP contribution in [0.3, 0.4) is 0 Å². The van der Waals surface area contributed by atoms with Crippen molar-refractivity contribution in [1.29, 1.82) is 0 Å². The van der Waals surface area contributed by atoms with Crippen molar-refractivity contribution in [2.45, 2.75) is 52.7 Å². The number of nitrogens with one attached hydrogen (secondary N) is 1.